The fourth-order valence-corrected chi connectivity index (χ4v) is 2.09. The Hall–Kier alpha value is -0.390. The third-order valence-electron chi connectivity index (χ3n) is 2.15. The zero-order valence-electron chi connectivity index (χ0n) is 9.81. The number of hydrogen-bond donors (Lipinski definition) is 1. The van der Waals surface area contributed by atoms with Crippen LogP contribution in [0.1, 0.15) is 52.1 Å². The monoisotopic (exact) mass is 320 g/mol. The van der Waals surface area contributed by atoms with Crippen molar-refractivity contribution in [3.63, 3.8) is 0 Å². The van der Waals surface area contributed by atoms with Gasteiger partial charge in [0.05, 0.1) is 9.26 Å². The molecule has 3 nitrogen and oxygen atoms in total. The Labute approximate surface area is 104 Å². The molecule has 84 valence electrons. The van der Waals surface area contributed by atoms with E-state index in [-0.39, 0.29) is 16.9 Å². The molecule has 0 aliphatic rings. The highest BCUT2D eigenvalue weighted by molar-refractivity contribution is 14.1. The molecule has 1 aromatic heterocycles. The van der Waals surface area contributed by atoms with Gasteiger partial charge < -0.3 is 4.98 Å². The van der Waals surface area contributed by atoms with Crippen LogP contribution >= 0.6 is 22.6 Å². The lowest BCUT2D eigenvalue weighted by Gasteiger charge is -2.19. The number of nitrogens with zero attached hydrogens (tertiary/aromatic N) is 1. The van der Waals surface area contributed by atoms with Crippen LogP contribution in [0.2, 0.25) is 0 Å². The van der Waals surface area contributed by atoms with Gasteiger partial charge in [-0.3, -0.25) is 4.79 Å². The first-order chi connectivity index (χ1) is 6.73. The molecule has 1 rings (SSSR count). The standard InChI is InChI=1S/C11H17IN2O/c1-6(2)8-7(12)9(15)14-10(13-8)11(3,4)5/h6H,1-5H3,(H,13,14,15). The summed E-state index contributed by atoms with van der Waals surface area (Å²) in [7, 11) is 0. The molecule has 0 aliphatic heterocycles. The number of H-pyrrole nitrogens is 1. The molecule has 1 heterocycles. The molecule has 1 N–H and O–H groups in total. The number of aromatic nitrogens is 2. The van der Waals surface area contributed by atoms with E-state index in [0.717, 1.165) is 11.5 Å². The molecule has 0 fully saturated rings. The summed E-state index contributed by atoms with van der Waals surface area (Å²) in [6.45, 7) is 10.2. The zero-order valence-corrected chi connectivity index (χ0v) is 12.0. The minimum atomic E-state index is -0.118. The minimum absolute atomic E-state index is 0.0285. The van der Waals surface area contributed by atoms with Gasteiger partial charge in [-0.05, 0) is 28.5 Å². The molecule has 15 heavy (non-hydrogen) atoms. The molecule has 0 saturated heterocycles. The molecular weight excluding hydrogens is 303 g/mol. The predicted octanol–water partition coefficient (Wildman–Crippen LogP) is 2.80. The van der Waals surface area contributed by atoms with E-state index in [1.807, 2.05) is 20.8 Å². The van der Waals surface area contributed by atoms with Gasteiger partial charge in [0.25, 0.3) is 5.56 Å². The Balaban J connectivity index is 3.43. The van der Waals surface area contributed by atoms with Crippen LogP contribution in [-0.4, -0.2) is 9.97 Å². The fourth-order valence-electron chi connectivity index (χ4n) is 1.21. The van der Waals surface area contributed by atoms with Crippen molar-refractivity contribution in [2.24, 2.45) is 0 Å². The topological polar surface area (TPSA) is 45.8 Å². The first-order valence-corrected chi connectivity index (χ1v) is 6.11. The highest BCUT2D eigenvalue weighted by atomic mass is 127. The molecule has 0 spiro atoms. The number of halogens is 1. The second kappa shape index (κ2) is 4.23. The fraction of sp³-hybridized carbons (Fsp3) is 0.636. The number of rotatable bonds is 1. The summed E-state index contributed by atoms with van der Waals surface area (Å²) in [6.07, 6.45) is 0. The van der Waals surface area contributed by atoms with E-state index in [9.17, 15) is 4.79 Å². The lowest BCUT2D eigenvalue weighted by Crippen LogP contribution is -2.25. The average Bonchev–Trinajstić information content (AvgIpc) is 2.06. The van der Waals surface area contributed by atoms with Crippen LogP contribution in [-0.2, 0) is 5.41 Å². The summed E-state index contributed by atoms with van der Waals surface area (Å²) in [6, 6.07) is 0. The van der Waals surface area contributed by atoms with Crippen molar-refractivity contribution in [2.75, 3.05) is 0 Å². The van der Waals surface area contributed by atoms with Gasteiger partial charge >= 0.3 is 0 Å². The average molecular weight is 320 g/mol. The Bertz CT molecular complexity index is 416. The normalized spacial score (nSPS) is 12.2. The molecular formula is C11H17IN2O. The van der Waals surface area contributed by atoms with Gasteiger partial charge in [-0.15, -0.1) is 0 Å². The first-order valence-electron chi connectivity index (χ1n) is 5.03. The van der Waals surface area contributed by atoms with E-state index in [1.54, 1.807) is 0 Å². The highest BCUT2D eigenvalue weighted by Crippen LogP contribution is 2.21. The van der Waals surface area contributed by atoms with Crippen LogP contribution in [0.5, 0.6) is 0 Å². The molecule has 0 bridgehead atoms. The molecule has 0 unspecified atom stereocenters. The van der Waals surface area contributed by atoms with Gasteiger partial charge in [-0.25, -0.2) is 4.98 Å². The number of nitrogens with one attached hydrogen (secondary N) is 1. The SMILES string of the molecule is CC(C)c1nc(C(C)(C)C)[nH]c(=O)c1I. The van der Waals surface area contributed by atoms with Crippen LogP contribution in [0, 0.1) is 3.57 Å². The van der Waals surface area contributed by atoms with Gasteiger partial charge in [-0.2, -0.15) is 0 Å². The van der Waals surface area contributed by atoms with Gasteiger partial charge in [0, 0.05) is 5.41 Å². The highest BCUT2D eigenvalue weighted by Gasteiger charge is 2.20. The van der Waals surface area contributed by atoms with Crippen molar-refractivity contribution in [3.05, 3.63) is 25.4 Å². The Morgan fingerprint density at radius 2 is 1.87 bits per heavy atom. The second-order valence-corrected chi connectivity index (χ2v) is 6.10. The second-order valence-electron chi connectivity index (χ2n) is 5.02. The summed E-state index contributed by atoms with van der Waals surface area (Å²) >= 11 is 2.06. The van der Waals surface area contributed by atoms with Crippen LogP contribution in [0.4, 0.5) is 0 Å². The largest absolute Gasteiger partial charge is 0.309 e. The van der Waals surface area contributed by atoms with E-state index < -0.39 is 0 Å². The maximum absolute atomic E-state index is 11.7. The molecule has 0 atom stereocenters. The van der Waals surface area contributed by atoms with E-state index in [0.29, 0.717) is 3.57 Å². The van der Waals surface area contributed by atoms with Crippen molar-refractivity contribution in [1.29, 1.82) is 0 Å². The van der Waals surface area contributed by atoms with Crippen LogP contribution in [0.15, 0.2) is 4.79 Å². The lowest BCUT2D eigenvalue weighted by atomic mass is 9.95. The maximum atomic E-state index is 11.7. The minimum Gasteiger partial charge on any atom is -0.309 e. The third-order valence-corrected chi connectivity index (χ3v) is 3.19. The van der Waals surface area contributed by atoms with Crippen molar-refractivity contribution >= 4 is 22.6 Å². The van der Waals surface area contributed by atoms with E-state index >= 15 is 0 Å². The number of hydrogen-bond acceptors (Lipinski definition) is 2. The summed E-state index contributed by atoms with van der Waals surface area (Å²) in [4.78, 5) is 19.1. The van der Waals surface area contributed by atoms with Crippen LogP contribution in [0.25, 0.3) is 0 Å². The molecule has 1 aromatic rings. The zero-order chi connectivity index (χ0) is 11.8. The lowest BCUT2D eigenvalue weighted by molar-refractivity contribution is 0.534. The van der Waals surface area contributed by atoms with E-state index in [2.05, 4.69) is 46.4 Å². The molecule has 0 aromatic carbocycles. The molecule has 0 radical (unpaired) electrons. The van der Waals surface area contributed by atoms with Gasteiger partial charge in [0.15, 0.2) is 0 Å². The Morgan fingerprint density at radius 1 is 1.33 bits per heavy atom. The van der Waals surface area contributed by atoms with Crippen LogP contribution < -0.4 is 5.56 Å². The van der Waals surface area contributed by atoms with Crippen molar-refractivity contribution in [3.8, 4) is 0 Å². The van der Waals surface area contributed by atoms with Gasteiger partial charge in [-0.1, -0.05) is 34.6 Å². The molecule has 0 amide bonds. The predicted molar refractivity (Wildman–Crippen MR) is 70.4 cm³/mol. The number of aromatic amines is 1. The summed E-state index contributed by atoms with van der Waals surface area (Å²) in [5.74, 6) is 1.04. The van der Waals surface area contributed by atoms with Gasteiger partial charge in [0.2, 0.25) is 0 Å². The molecule has 0 saturated carbocycles. The maximum Gasteiger partial charge on any atom is 0.264 e. The van der Waals surface area contributed by atoms with Crippen molar-refractivity contribution in [1.82, 2.24) is 9.97 Å². The van der Waals surface area contributed by atoms with E-state index in [4.69, 9.17) is 0 Å². The Kier molecular flexibility index (Phi) is 3.58. The van der Waals surface area contributed by atoms with E-state index in [1.165, 1.54) is 0 Å². The smallest absolute Gasteiger partial charge is 0.264 e. The van der Waals surface area contributed by atoms with Crippen LogP contribution in [0.3, 0.4) is 0 Å². The quantitative estimate of drug-likeness (QED) is 0.809. The third kappa shape index (κ3) is 2.80. The summed E-state index contributed by atoms with van der Waals surface area (Å²) in [5.41, 5.74) is 0.746. The van der Waals surface area contributed by atoms with Crippen molar-refractivity contribution in [2.45, 2.75) is 46.0 Å². The molecule has 4 heteroatoms. The summed E-state index contributed by atoms with van der Waals surface area (Å²) < 4.78 is 0.704. The first kappa shape index (κ1) is 12.7. The summed E-state index contributed by atoms with van der Waals surface area (Å²) in [5, 5.41) is 0. The Morgan fingerprint density at radius 3 is 2.27 bits per heavy atom. The van der Waals surface area contributed by atoms with Crippen molar-refractivity contribution < 1.29 is 0 Å². The molecule has 0 aliphatic carbocycles. The van der Waals surface area contributed by atoms with Gasteiger partial charge in [0.1, 0.15) is 5.82 Å².